The van der Waals surface area contributed by atoms with Gasteiger partial charge in [-0.3, -0.25) is 10.1 Å². The Morgan fingerprint density at radius 1 is 1.59 bits per heavy atom. The maximum atomic E-state index is 10.8. The molecule has 1 heterocycles. The second kappa shape index (κ2) is 4.85. The van der Waals surface area contributed by atoms with Crippen LogP contribution in [0.15, 0.2) is 12.1 Å². The maximum absolute atomic E-state index is 10.8. The molecule has 0 atom stereocenters. The van der Waals surface area contributed by atoms with E-state index in [9.17, 15) is 10.1 Å². The fraction of sp³-hybridized carbons (Fsp3) is 0.500. The van der Waals surface area contributed by atoms with Crippen LogP contribution in [0.4, 0.5) is 11.5 Å². The fourth-order valence-electron chi connectivity index (χ4n) is 1.81. The molecule has 2 rings (SSSR count). The van der Waals surface area contributed by atoms with Gasteiger partial charge in [-0.25, -0.2) is 4.98 Å². The lowest BCUT2D eigenvalue weighted by molar-refractivity contribution is -0.384. The normalized spacial score (nSPS) is 22.9. The van der Waals surface area contributed by atoms with Gasteiger partial charge in [0.2, 0.25) is 5.82 Å². The fourth-order valence-corrected chi connectivity index (χ4v) is 1.96. The van der Waals surface area contributed by atoms with Crippen molar-refractivity contribution in [1.29, 1.82) is 0 Å². The molecule has 0 bridgehead atoms. The van der Waals surface area contributed by atoms with E-state index in [0.717, 1.165) is 12.8 Å². The van der Waals surface area contributed by atoms with E-state index in [4.69, 9.17) is 16.7 Å². The van der Waals surface area contributed by atoms with E-state index in [0.29, 0.717) is 12.5 Å². The first-order valence-electron chi connectivity index (χ1n) is 5.29. The number of aromatic nitrogens is 1. The third-order valence-corrected chi connectivity index (χ3v) is 3.02. The largest absolute Gasteiger partial charge is 0.393 e. The highest BCUT2D eigenvalue weighted by Crippen LogP contribution is 2.29. The lowest BCUT2D eigenvalue weighted by atomic mass is 9.82. The van der Waals surface area contributed by atoms with Gasteiger partial charge >= 0.3 is 5.69 Å². The number of rotatable bonds is 4. The number of pyridine rings is 1. The summed E-state index contributed by atoms with van der Waals surface area (Å²) >= 11 is 5.69. The van der Waals surface area contributed by atoms with E-state index in [-0.39, 0.29) is 22.8 Å². The number of anilines is 1. The summed E-state index contributed by atoms with van der Waals surface area (Å²) in [5, 5.41) is 23.0. The number of aliphatic hydroxyl groups excluding tert-OH is 1. The third kappa shape index (κ3) is 2.83. The summed E-state index contributed by atoms with van der Waals surface area (Å²) in [7, 11) is 0. The van der Waals surface area contributed by atoms with Crippen molar-refractivity contribution in [2.24, 2.45) is 5.92 Å². The molecule has 0 saturated heterocycles. The van der Waals surface area contributed by atoms with Gasteiger partial charge in [-0.1, -0.05) is 11.6 Å². The molecule has 17 heavy (non-hydrogen) atoms. The molecule has 1 aromatic heterocycles. The van der Waals surface area contributed by atoms with Crippen LogP contribution in [-0.4, -0.2) is 27.7 Å². The highest BCUT2D eigenvalue weighted by molar-refractivity contribution is 6.29. The van der Waals surface area contributed by atoms with Crippen molar-refractivity contribution in [1.82, 2.24) is 4.98 Å². The molecule has 1 aliphatic carbocycles. The van der Waals surface area contributed by atoms with Crippen molar-refractivity contribution < 1.29 is 10.0 Å². The van der Waals surface area contributed by atoms with Crippen LogP contribution >= 0.6 is 11.6 Å². The predicted octanol–water partition coefficient (Wildman–Crippen LogP) is 1.83. The lowest BCUT2D eigenvalue weighted by Gasteiger charge is -2.31. The van der Waals surface area contributed by atoms with E-state index < -0.39 is 4.92 Å². The van der Waals surface area contributed by atoms with Crippen molar-refractivity contribution in [2.45, 2.75) is 18.9 Å². The predicted molar refractivity (Wildman–Crippen MR) is 63.1 cm³/mol. The second-order valence-electron chi connectivity index (χ2n) is 4.13. The number of hydrogen-bond donors (Lipinski definition) is 2. The first kappa shape index (κ1) is 12.1. The Balaban J connectivity index is 2.03. The van der Waals surface area contributed by atoms with Crippen LogP contribution in [-0.2, 0) is 0 Å². The van der Waals surface area contributed by atoms with Gasteiger partial charge in [0.15, 0.2) is 0 Å². The first-order valence-corrected chi connectivity index (χ1v) is 5.67. The number of nitrogens with one attached hydrogen (secondary N) is 1. The van der Waals surface area contributed by atoms with Gasteiger partial charge in [-0.05, 0) is 24.8 Å². The summed E-state index contributed by atoms with van der Waals surface area (Å²) in [5.74, 6) is 0.522. The SMILES string of the molecule is O=[N+]([O-])c1ccc(Cl)nc1NCC1CC(O)C1. The molecule has 1 fully saturated rings. The number of aliphatic hydroxyl groups is 1. The number of halogens is 1. The average molecular weight is 258 g/mol. The number of nitro groups is 1. The Morgan fingerprint density at radius 3 is 2.88 bits per heavy atom. The molecule has 1 saturated carbocycles. The van der Waals surface area contributed by atoms with Gasteiger partial charge in [0.05, 0.1) is 11.0 Å². The molecule has 0 unspecified atom stereocenters. The van der Waals surface area contributed by atoms with Gasteiger partial charge in [0, 0.05) is 12.6 Å². The number of nitrogens with zero attached hydrogens (tertiary/aromatic N) is 2. The number of hydrogen-bond acceptors (Lipinski definition) is 5. The summed E-state index contributed by atoms with van der Waals surface area (Å²) in [5.41, 5.74) is -0.0886. The monoisotopic (exact) mass is 257 g/mol. The molecular formula is C10H12ClN3O3. The van der Waals surface area contributed by atoms with Gasteiger partial charge < -0.3 is 10.4 Å². The Bertz CT molecular complexity index is 435. The Kier molecular flexibility index (Phi) is 3.44. The van der Waals surface area contributed by atoms with Crippen LogP contribution in [0, 0.1) is 16.0 Å². The third-order valence-electron chi connectivity index (χ3n) is 2.81. The zero-order valence-electron chi connectivity index (χ0n) is 8.97. The van der Waals surface area contributed by atoms with Gasteiger partial charge in [-0.15, -0.1) is 0 Å². The highest BCUT2D eigenvalue weighted by Gasteiger charge is 2.27. The van der Waals surface area contributed by atoms with Crippen LogP contribution in [0.5, 0.6) is 0 Å². The molecule has 7 heteroatoms. The molecule has 0 aromatic carbocycles. The summed E-state index contributed by atoms with van der Waals surface area (Å²) in [6, 6.07) is 2.71. The summed E-state index contributed by atoms with van der Waals surface area (Å²) in [6.07, 6.45) is 1.21. The molecule has 0 amide bonds. The minimum Gasteiger partial charge on any atom is -0.393 e. The summed E-state index contributed by atoms with van der Waals surface area (Å²) in [4.78, 5) is 14.2. The highest BCUT2D eigenvalue weighted by atomic mass is 35.5. The van der Waals surface area contributed by atoms with Crippen molar-refractivity contribution in [3.63, 3.8) is 0 Å². The van der Waals surface area contributed by atoms with E-state index in [1.165, 1.54) is 12.1 Å². The zero-order valence-corrected chi connectivity index (χ0v) is 9.72. The molecule has 2 N–H and O–H groups in total. The van der Waals surface area contributed by atoms with Gasteiger partial charge in [-0.2, -0.15) is 0 Å². The molecule has 0 aliphatic heterocycles. The molecule has 0 radical (unpaired) electrons. The molecule has 0 spiro atoms. The standard InChI is InChI=1S/C10H12ClN3O3/c11-9-2-1-8(14(16)17)10(13-9)12-5-6-3-7(15)4-6/h1-2,6-7,15H,3-5H2,(H,12,13). The molecule has 92 valence electrons. The molecule has 1 aromatic rings. The van der Waals surface area contributed by atoms with Crippen LogP contribution in [0.25, 0.3) is 0 Å². The zero-order chi connectivity index (χ0) is 12.4. The smallest absolute Gasteiger partial charge is 0.311 e. The molecule has 1 aliphatic rings. The Hall–Kier alpha value is -1.40. The van der Waals surface area contributed by atoms with Crippen LogP contribution in [0.2, 0.25) is 5.15 Å². The quantitative estimate of drug-likeness (QED) is 0.488. The summed E-state index contributed by atoms with van der Waals surface area (Å²) in [6.45, 7) is 0.561. The van der Waals surface area contributed by atoms with Crippen molar-refractivity contribution in [3.8, 4) is 0 Å². The maximum Gasteiger partial charge on any atom is 0.311 e. The van der Waals surface area contributed by atoms with Gasteiger partial charge in [0.1, 0.15) is 5.15 Å². The molecular weight excluding hydrogens is 246 g/mol. The average Bonchev–Trinajstić information content (AvgIpc) is 2.22. The minimum absolute atomic E-state index is 0.0886. The van der Waals surface area contributed by atoms with E-state index in [2.05, 4.69) is 10.3 Å². The van der Waals surface area contributed by atoms with E-state index >= 15 is 0 Å². The van der Waals surface area contributed by atoms with Gasteiger partial charge in [0.25, 0.3) is 0 Å². The minimum atomic E-state index is -0.499. The van der Waals surface area contributed by atoms with Crippen LogP contribution in [0.3, 0.4) is 0 Å². The Labute approximate surface area is 103 Å². The summed E-state index contributed by atoms with van der Waals surface area (Å²) < 4.78 is 0. The topological polar surface area (TPSA) is 88.3 Å². The van der Waals surface area contributed by atoms with Crippen LogP contribution < -0.4 is 5.32 Å². The van der Waals surface area contributed by atoms with Crippen molar-refractivity contribution >= 4 is 23.1 Å². The lowest BCUT2D eigenvalue weighted by Crippen LogP contribution is -2.33. The van der Waals surface area contributed by atoms with E-state index in [1.54, 1.807) is 0 Å². The van der Waals surface area contributed by atoms with Crippen molar-refractivity contribution in [2.75, 3.05) is 11.9 Å². The van der Waals surface area contributed by atoms with E-state index in [1.807, 2.05) is 0 Å². The van der Waals surface area contributed by atoms with Crippen molar-refractivity contribution in [3.05, 3.63) is 27.4 Å². The molecule has 6 nitrogen and oxygen atoms in total. The first-order chi connectivity index (χ1) is 8.06. The van der Waals surface area contributed by atoms with Crippen LogP contribution in [0.1, 0.15) is 12.8 Å². The second-order valence-corrected chi connectivity index (χ2v) is 4.52. The Morgan fingerprint density at radius 2 is 2.29 bits per heavy atom.